The minimum atomic E-state index is -4.94. The number of fused-ring (bicyclic) bond motifs is 1. The van der Waals surface area contributed by atoms with Crippen LogP contribution in [0.5, 0.6) is 0 Å². The molecule has 0 aliphatic carbocycles. The lowest BCUT2D eigenvalue weighted by Gasteiger charge is -2.12. The third-order valence-electron chi connectivity index (χ3n) is 3.10. The van der Waals surface area contributed by atoms with Gasteiger partial charge in [-0.1, -0.05) is 23.9 Å². The summed E-state index contributed by atoms with van der Waals surface area (Å²) in [5.41, 5.74) is 1.91. The molecule has 9 heteroatoms. The first kappa shape index (κ1) is 16.7. The van der Waals surface area contributed by atoms with Gasteiger partial charge in [0, 0.05) is 4.90 Å². The molecule has 1 amide bonds. The van der Waals surface area contributed by atoms with E-state index in [0.717, 1.165) is 15.8 Å². The quantitative estimate of drug-likeness (QED) is 0.683. The highest BCUT2D eigenvalue weighted by molar-refractivity contribution is 7.99. The average Bonchev–Trinajstić information content (AvgIpc) is 2.91. The van der Waals surface area contributed by atoms with Crippen molar-refractivity contribution in [2.45, 2.75) is 23.0 Å². The van der Waals surface area contributed by atoms with Crippen LogP contribution >= 0.6 is 23.1 Å². The van der Waals surface area contributed by atoms with Gasteiger partial charge in [0.15, 0.2) is 0 Å². The van der Waals surface area contributed by atoms with Crippen LogP contribution in [0, 0.1) is 6.92 Å². The number of para-hydroxylation sites is 1. The van der Waals surface area contributed by atoms with E-state index in [1.807, 2.05) is 17.6 Å². The molecule has 124 valence electrons. The van der Waals surface area contributed by atoms with Crippen molar-refractivity contribution in [2.75, 3.05) is 5.32 Å². The second-order valence-electron chi connectivity index (χ2n) is 4.83. The molecule has 0 unspecified atom stereocenters. The van der Waals surface area contributed by atoms with Crippen molar-refractivity contribution in [3.63, 3.8) is 0 Å². The molecule has 2 heterocycles. The summed E-state index contributed by atoms with van der Waals surface area (Å²) in [6, 6.07) is 6.29. The summed E-state index contributed by atoms with van der Waals surface area (Å²) in [6.07, 6.45) is -3.52. The maximum absolute atomic E-state index is 12.5. The summed E-state index contributed by atoms with van der Waals surface area (Å²) in [6.45, 7) is 1.93. The number of hydrogen-bond acceptors (Lipinski definition) is 5. The fourth-order valence-corrected chi connectivity index (χ4v) is 4.00. The molecule has 3 rings (SSSR count). The molecular weight excluding hydrogens is 359 g/mol. The number of aryl methyl sites for hydroxylation is 1. The Bertz CT molecular complexity index is 908. The van der Waals surface area contributed by atoms with E-state index in [1.165, 1.54) is 35.5 Å². The van der Waals surface area contributed by atoms with E-state index in [-0.39, 0.29) is 5.69 Å². The molecule has 0 bridgehead atoms. The number of halogens is 3. The van der Waals surface area contributed by atoms with E-state index in [9.17, 15) is 18.0 Å². The molecule has 0 atom stereocenters. The molecule has 1 aromatic carbocycles. The fraction of sp³-hybridized carbons (Fsp3) is 0.133. The molecule has 0 aliphatic heterocycles. The number of alkyl halides is 3. The molecule has 1 N–H and O–H groups in total. The van der Waals surface area contributed by atoms with Crippen molar-refractivity contribution in [1.29, 1.82) is 0 Å². The lowest BCUT2D eigenvalue weighted by atomic mass is 10.3. The highest BCUT2D eigenvalue weighted by Gasteiger charge is 2.39. The van der Waals surface area contributed by atoms with Gasteiger partial charge in [-0.3, -0.25) is 4.79 Å². The van der Waals surface area contributed by atoms with Crippen LogP contribution in [0.15, 0.2) is 45.9 Å². The predicted octanol–water partition coefficient (Wildman–Crippen LogP) is 4.65. The number of carbonyl (C=O) groups excluding carboxylic acids is 1. The van der Waals surface area contributed by atoms with Crippen LogP contribution in [0.3, 0.4) is 0 Å². The summed E-state index contributed by atoms with van der Waals surface area (Å²) >= 11 is 2.66. The number of benzene rings is 1. The molecule has 0 saturated heterocycles. The number of thiophene rings is 1. The topological polar surface area (TPSA) is 54.9 Å². The Labute approximate surface area is 143 Å². The third-order valence-corrected chi connectivity index (χ3v) is 5.40. The van der Waals surface area contributed by atoms with Crippen LogP contribution in [0.2, 0.25) is 0 Å². The number of rotatable bonds is 3. The molecule has 3 aromatic rings. The zero-order chi connectivity index (χ0) is 17.3. The van der Waals surface area contributed by atoms with E-state index < -0.39 is 12.1 Å². The summed E-state index contributed by atoms with van der Waals surface area (Å²) in [7, 11) is 0. The lowest BCUT2D eigenvalue weighted by Crippen LogP contribution is -2.30. The first-order chi connectivity index (χ1) is 11.4. The second kappa shape index (κ2) is 6.40. The Morgan fingerprint density at radius 1 is 1.25 bits per heavy atom. The zero-order valence-electron chi connectivity index (χ0n) is 12.2. The maximum atomic E-state index is 12.5. The average molecular weight is 369 g/mol. The molecule has 0 spiro atoms. The molecule has 2 aromatic heterocycles. The molecule has 0 aliphatic rings. The molecule has 4 nitrogen and oxygen atoms in total. The number of carbonyl (C=O) groups is 1. The SMILES string of the molecule is Cc1csc2c(Sc3ccccc3NC(=O)C(F)(F)F)ncnc12. The van der Waals surface area contributed by atoms with E-state index in [1.54, 1.807) is 18.2 Å². The zero-order valence-corrected chi connectivity index (χ0v) is 13.9. The van der Waals surface area contributed by atoms with Crippen molar-refractivity contribution >= 4 is 44.9 Å². The number of nitrogens with zero attached hydrogens (tertiary/aromatic N) is 2. The van der Waals surface area contributed by atoms with Gasteiger partial charge in [-0.15, -0.1) is 11.3 Å². The fourth-order valence-electron chi connectivity index (χ4n) is 1.98. The summed E-state index contributed by atoms with van der Waals surface area (Å²) in [5, 5.41) is 4.48. The highest BCUT2D eigenvalue weighted by Crippen LogP contribution is 2.38. The molecule has 0 saturated carbocycles. The normalized spacial score (nSPS) is 11.7. The van der Waals surface area contributed by atoms with E-state index in [4.69, 9.17) is 0 Å². The second-order valence-corrected chi connectivity index (χ2v) is 6.74. The monoisotopic (exact) mass is 369 g/mol. The number of amides is 1. The number of nitrogens with one attached hydrogen (secondary N) is 1. The van der Waals surface area contributed by atoms with Crippen molar-refractivity contribution in [3.8, 4) is 0 Å². The Morgan fingerprint density at radius 2 is 2.00 bits per heavy atom. The Hall–Kier alpha value is -2.13. The van der Waals surface area contributed by atoms with Crippen molar-refractivity contribution in [3.05, 3.63) is 41.5 Å². The Morgan fingerprint density at radius 3 is 2.75 bits per heavy atom. The van der Waals surface area contributed by atoms with E-state index in [0.29, 0.717) is 9.92 Å². The molecule has 0 fully saturated rings. The van der Waals surface area contributed by atoms with Gasteiger partial charge in [0.25, 0.3) is 0 Å². The number of anilines is 1. The van der Waals surface area contributed by atoms with Crippen molar-refractivity contribution in [2.24, 2.45) is 0 Å². The van der Waals surface area contributed by atoms with Gasteiger partial charge < -0.3 is 5.32 Å². The lowest BCUT2D eigenvalue weighted by molar-refractivity contribution is -0.167. The van der Waals surface area contributed by atoms with Gasteiger partial charge >= 0.3 is 12.1 Å². The molecule has 24 heavy (non-hydrogen) atoms. The summed E-state index contributed by atoms with van der Waals surface area (Å²) < 4.78 is 38.3. The standard InChI is InChI=1S/C15H10F3N3OS2/c1-8-6-23-12-11(8)19-7-20-13(12)24-10-5-3-2-4-9(10)21-14(22)15(16,17)18/h2-7H,1H3,(H,21,22). The van der Waals surface area contributed by atoms with Crippen LogP contribution in [-0.4, -0.2) is 22.1 Å². The summed E-state index contributed by atoms with van der Waals surface area (Å²) in [5.74, 6) is -2.00. The van der Waals surface area contributed by atoms with E-state index in [2.05, 4.69) is 9.97 Å². The number of aromatic nitrogens is 2. The minimum absolute atomic E-state index is 0.0878. The van der Waals surface area contributed by atoms with Gasteiger partial charge in [0.1, 0.15) is 11.4 Å². The third kappa shape index (κ3) is 3.36. The van der Waals surface area contributed by atoms with Gasteiger partial charge in [0.2, 0.25) is 0 Å². The van der Waals surface area contributed by atoms with Crippen LogP contribution in [-0.2, 0) is 4.79 Å². The summed E-state index contributed by atoms with van der Waals surface area (Å²) in [4.78, 5) is 20.1. The maximum Gasteiger partial charge on any atom is 0.471 e. The van der Waals surface area contributed by atoms with Crippen LogP contribution in [0.4, 0.5) is 18.9 Å². The van der Waals surface area contributed by atoms with Gasteiger partial charge in [0.05, 0.1) is 15.9 Å². The van der Waals surface area contributed by atoms with Crippen molar-refractivity contribution in [1.82, 2.24) is 9.97 Å². The first-order valence-electron chi connectivity index (χ1n) is 6.70. The molecule has 0 radical (unpaired) electrons. The van der Waals surface area contributed by atoms with Gasteiger partial charge in [-0.05, 0) is 30.0 Å². The highest BCUT2D eigenvalue weighted by atomic mass is 32.2. The minimum Gasteiger partial charge on any atom is -0.317 e. The predicted molar refractivity (Wildman–Crippen MR) is 87.4 cm³/mol. The smallest absolute Gasteiger partial charge is 0.317 e. The van der Waals surface area contributed by atoms with Gasteiger partial charge in [-0.25, -0.2) is 9.97 Å². The Balaban J connectivity index is 1.94. The van der Waals surface area contributed by atoms with E-state index >= 15 is 0 Å². The van der Waals surface area contributed by atoms with Crippen LogP contribution in [0.1, 0.15) is 5.56 Å². The first-order valence-corrected chi connectivity index (χ1v) is 8.39. The van der Waals surface area contributed by atoms with Crippen LogP contribution in [0.25, 0.3) is 10.2 Å². The van der Waals surface area contributed by atoms with Crippen molar-refractivity contribution < 1.29 is 18.0 Å². The van der Waals surface area contributed by atoms with Gasteiger partial charge in [-0.2, -0.15) is 13.2 Å². The van der Waals surface area contributed by atoms with Crippen LogP contribution < -0.4 is 5.32 Å². The Kier molecular flexibility index (Phi) is 4.46. The largest absolute Gasteiger partial charge is 0.471 e. The molecular formula is C15H10F3N3OS2. The number of hydrogen-bond donors (Lipinski definition) is 1.